The summed E-state index contributed by atoms with van der Waals surface area (Å²) in [5.41, 5.74) is 0. The van der Waals surface area contributed by atoms with Crippen LogP contribution in [0.25, 0.3) is 0 Å². The van der Waals surface area contributed by atoms with Crippen molar-refractivity contribution in [3.05, 3.63) is 0 Å². The molecular weight excluding hydrogens is 196 g/mol. The molecule has 1 aliphatic rings. The molecule has 1 fully saturated rings. The summed E-state index contributed by atoms with van der Waals surface area (Å²) in [5.74, 6) is -0.446. The molecule has 0 aromatic rings. The number of piperidine rings is 1. The van der Waals surface area contributed by atoms with Crippen molar-refractivity contribution in [3.63, 3.8) is 0 Å². The number of ether oxygens (including phenoxy) is 1. The van der Waals surface area contributed by atoms with E-state index in [0.29, 0.717) is 13.2 Å². The number of esters is 1. The van der Waals surface area contributed by atoms with E-state index in [1.165, 1.54) is 0 Å². The lowest BCUT2D eigenvalue weighted by Crippen LogP contribution is -2.42. The molecule has 0 aromatic carbocycles. The normalized spacial score (nSPS) is 20.7. The van der Waals surface area contributed by atoms with Crippen molar-refractivity contribution in [1.82, 2.24) is 10.6 Å². The van der Waals surface area contributed by atoms with E-state index < -0.39 is 0 Å². The molecule has 0 saturated carbocycles. The predicted molar refractivity (Wildman–Crippen MR) is 55.2 cm³/mol. The Morgan fingerprint density at radius 1 is 1.53 bits per heavy atom. The summed E-state index contributed by atoms with van der Waals surface area (Å²) in [4.78, 5) is 22.5. The van der Waals surface area contributed by atoms with Crippen molar-refractivity contribution in [1.29, 1.82) is 0 Å². The highest BCUT2D eigenvalue weighted by atomic mass is 16.5. The molecule has 0 unspecified atom stereocenters. The van der Waals surface area contributed by atoms with Gasteiger partial charge in [0.1, 0.15) is 6.54 Å². The molecule has 5 heteroatoms. The number of carbonyl (C=O) groups excluding carboxylic acids is 2. The molecule has 0 spiro atoms. The van der Waals surface area contributed by atoms with Gasteiger partial charge in [0.2, 0.25) is 5.91 Å². The van der Waals surface area contributed by atoms with Crippen LogP contribution in [0.15, 0.2) is 0 Å². The van der Waals surface area contributed by atoms with E-state index in [2.05, 4.69) is 10.6 Å². The standard InChI is InChI=1S/C10H18N2O3/c1-2-15-9(13)7-12-10(14)8-4-3-5-11-6-8/h8,11H,2-7H2,1H3,(H,12,14)/t8-/m1/s1. The molecule has 0 aliphatic carbocycles. The molecule has 0 bridgehead atoms. The quantitative estimate of drug-likeness (QED) is 0.629. The van der Waals surface area contributed by atoms with Crippen LogP contribution in [-0.4, -0.2) is 38.1 Å². The Morgan fingerprint density at radius 3 is 2.93 bits per heavy atom. The van der Waals surface area contributed by atoms with Crippen LogP contribution in [0.1, 0.15) is 19.8 Å². The van der Waals surface area contributed by atoms with E-state index in [1.54, 1.807) is 6.92 Å². The van der Waals surface area contributed by atoms with Crippen molar-refractivity contribution in [3.8, 4) is 0 Å². The molecule has 15 heavy (non-hydrogen) atoms. The van der Waals surface area contributed by atoms with Crippen LogP contribution >= 0.6 is 0 Å². The second-order valence-corrected chi connectivity index (χ2v) is 3.57. The number of amides is 1. The van der Waals surface area contributed by atoms with Gasteiger partial charge in [-0.15, -0.1) is 0 Å². The van der Waals surface area contributed by atoms with Gasteiger partial charge in [0.05, 0.1) is 12.5 Å². The molecule has 0 aromatic heterocycles. The minimum Gasteiger partial charge on any atom is -0.465 e. The number of hydrogen-bond acceptors (Lipinski definition) is 4. The van der Waals surface area contributed by atoms with Gasteiger partial charge in [-0.25, -0.2) is 0 Å². The zero-order valence-electron chi connectivity index (χ0n) is 9.04. The third kappa shape index (κ3) is 4.29. The summed E-state index contributed by atoms with van der Waals surface area (Å²) in [6.45, 7) is 3.74. The Kier molecular flexibility index (Phi) is 5.10. The summed E-state index contributed by atoms with van der Waals surface area (Å²) in [6.07, 6.45) is 1.90. The van der Waals surface area contributed by atoms with Crippen molar-refractivity contribution in [2.45, 2.75) is 19.8 Å². The Hall–Kier alpha value is -1.10. The van der Waals surface area contributed by atoms with Gasteiger partial charge in [-0.3, -0.25) is 9.59 Å². The van der Waals surface area contributed by atoms with Gasteiger partial charge in [0, 0.05) is 6.54 Å². The number of rotatable bonds is 4. The first-order valence-electron chi connectivity index (χ1n) is 5.38. The van der Waals surface area contributed by atoms with E-state index in [9.17, 15) is 9.59 Å². The molecule has 5 nitrogen and oxygen atoms in total. The van der Waals surface area contributed by atoms with E-state index in [1.807, 2.05) is 0 Å². The smallest absolute Gasteiger partial charge is 0.325 e. The molecule has 1 atom stereocenters. The van der Waals surface area contributed by atoms with Crippen molar-refractivity contribution < 1.29 is 14.3 Å². The maximum absolute atomic E-state index is 11.5. The lowest BCUT2D eigenvalue weighted by molar-refractivity contribution is -0.143. The average Bonchev–Trinajstić information content (AvgIpc) is 2.27. The lowest BCUT2D eigenvalue weighted by Gasteiger charge is -2.21. The van der Waals surface area contributed by atoms with Crippen LogP contribution in [0, 0.1) is 5.92 Å². The van der Waals surface area contributed by atoms with E-state index >= 15 is 0 Å². The lowest BCUT2D eigenvalue weighted by atomic mass is 9.99. The van der Waals surface area contributed by atoms with Crippen LogP contribution in [0.2, 0.25) is 0 Å². The molecule has 2 N–H and O–H groups in total. The SMILES string of the molecule is CCOC(=O)CNC(=O)[C@@H]1CCCNC1. The second-order valence-electron chi connectivity index (χ2n) is 3.57. The van der Waals surface area contributed by atoms with Crippen LogP contribution in [0.5, 0.6) is 0 Å². The monoisotopic (exact) mass is 214 g/mol. The Labute approximate surface area is 89.6 Å². The number of hydrogen-bond donors (Lipinski definition) is 2. The van der Waals surface area contributed by atoms with Crippen LogP contribution in [-0.2, 0) is 14.3 Å². The minimum atomic E-state index is -0.380. The molecule has 86 valence electrons. The summed E-state index contributed by atoms with van der Waals surface area (Å²) < 4.78 is 4.71. The first kappa shape index (κ1) is 12.0. The molecule has 1 saturated heterocycles. The summed E-state index contributed by atoms with van der Waals surface area (Å²) in [6, 6.07) is 0. The van der Waals surface area contributed by atoms with Gasteiger partial charge >= 0.3 is 5.97 Å². The predicted octanol–water partition coefficient (Wildman–Crippen LogP) is -0.335. The summed E-state index contributed by atoms with van der Waals surface area (Å²) in [7, 11) is 0. The number of nitrogens with one attached hydrogen (secondary N) is 2. The zero-order chi connectivity index (χ0) is 11.1. The highest BCUT2D eigenvalue weighted by Crippen LogP contribution is 2.09. The van der Waals surface area contributed by atoms with Crippen molar-refractivity contribution in [2.24, 2.45) is 5.92 Å². The first-order valence-corrected chi connectivity index (χ1v) is 5.38. The van der Waals surface area contributed by atoms with E-state index in [-0.39, 0.29) is 24.3 Å². The molecule has 1 aliphatic heterocycles. The van der Waals surface area contributed by atoms with Crippen LogP contribution < -0.4 is 10.6 Å². The van der Waals surface area contributed by atoms with Gasteiger partial charge < -0.3 is 15.4 Å². The van der Waals surface area contributed by atoms with Gasteiger partial charge in [0.25, 0.3) is 0 Å². The van der Waals surface area contributed by atoms with E-state index in [4.69, 9.17) is 4.74 Å². The zero-order valence-corrected chi connectivity index (χ0v) is 9.04. The molecule has 1 heterocycles. The molecule has 0 radical (unpaired) electrons. The van der Waals surface area contributed by atoms with Crippen LogP contribution in [0.3, 0.4) is 0 Å². The maximum Gasteiger partial charge on any atom is 0.325 e. The van der Waals surface area contributed by atoms with E-state index in [0.717, 1.165) is 19.4 Å². The maximum atomic E-state index is 11.5. The molecule has 1 rings (SSSR count). The summed E-state index contributed by atoms with van der Waals surface area (Å²) >= 11 is 0. The fourth-order valence-corrected chi connectivity index (χ4v) is 1.59. The molecule has 1 amide bonds. The second kappa shape index (κ2) is 6.40. The van der Waals surface area contributed by atoms with Crippen molar-refractivity contribution in [2.75, 3.05) is 26.2 Å². The Morgan fingerprint density at radius 2 is 2.33 bits per heavy atom. The Balaban J connectivity index is 2.19. The fourth-order valence-electron chi connectivity index (χ4n) is 1.59. The largest absolute Gasteiger partial charge is 0.465 e. The Bertz CT molecular complexity index is 225. The van der Waals surface area contributed by atoms with Crippen LogP contribution in [0.4, 0.5) is 0 Å². The highest BCUT2D eigenvalue weighted by Gasteiger charge is 2.20. The summed E-state index contributed by atoms with van der Waals surface area (Å²) in [5, 5.41) is 5.73. The fraction of sp³-hybridized carbons (Fsp3) is 0.800. The third-order valence-electron chi connectivity index (χ3n) is 2.38. The third-order valence-corrected chi connectivity index (χ3v) is 2.38. The van der Waals surface area contributed by atoms with Gasteiger partial charge in [-0.05, 0) is 26.3 Å². The van der Waals surface area contributed by atoms with Gasteiger partial charge in [-0.1, -0.05) is 0 Å². The average molecular weight is 214 g/mol. The van der Waals surface area contributed by atoms with Gasteiger partial charge in [-0.2, -0.15) is 0 Å². The topological polar surface area (TPSA) is 67.4 Å². The van der Waals surface area contributed by atoms with Gasteiger partial charge in [0.15, 0.2) is 0 Å². The number of carbonyl (C=O) groups is 2. The minimum absolute atomic E-state index is 0.00632. The highest BCUT2D eigenvalue weighted by molar-refractivity contribution is 5.83. The first-order chi connectivity index (χ1) is 7.24. The molecular formula is C10H18N2O3. The van der Waals surface area contributed by atoms with Crippen molar-refractivity contribution >= 4 is 11.9 Å².